The van der Waals surface area contributed by atoms with Gasteiger partial charge in [0.2, 0.25) is 5.91 Å². The van der Waals surface area contributed by atoms with Crippen LogP contribution in [0.5, 0.6) is 0 Å². The largest absolute Gasteiger partial charge is 0.462 e. The van der Waals surface area contributed by atoms with Crippen molar-refractivity contribution < 1.29 is 14.3 Å². The first kappa shape index (κ1) is 13.9. The Morgan fingerprint density at radius 2 is 1.93 bits per heavy atom. The third-order valence-electron chi connectivity index (χ3n) is 1.65. The molecule has 0 radical (unpaired) electrons. The van der Waals surface area contributed by atoms with Gasteiger partial charge < -0.3 is 15.0 Å². The molecule has 0 aliphatic heterocycles. The molecule has 0 aromatic heterocycles. The van der Waals surface area contributed by atoms with Gasteiger partial charge in [-0.15, -0.1) is 0 Å². The van der Waals surface area contributed by atoms with Crippen LogP contribution >= 0.6 is 0 Å². The Bertz CT molecular complexity index is 215. The summed E-state index contributed by atoms with van der Waals surface area (Å²) in [6, 6.07) is 0. The number of amides is 1. The van der Waals surface area contributed by atoms with E-state index in [2.05, 4.69) is 5.32 Å². The molecule has 0 aromatic carbocycles. The second kappa shape index (κ2) is 7.23. The van der Waals surface area contributed by atoms with E-state index in [1.54, 1.807) is 27.9 Å². The van der Waals surface area contributed by atoms with Crippen LogP contribution in [0.2, 0.25) is 0 Å². The predicted octanol–water partition coefficient (Wildman–Crippen LogP) is 0.00590. The molecule has 0 saturated heterocycles. The molecule has 0 aliphatic carbocycles. The van der Waals surface area contributed by atoms with Gasteiger partial charge in [-0.1, -0.05) is 0 Å². The van der Waals surface area contributed by atoms with E-state index in [1.807, 2.05) is 0 Å². The van der Waals surface area contributed by atoms with Crippen molar-refractivity contribution >= 4 is 11.9 Å². The molecule has 0 aliphatic rings. The van der Waals surface area contributed by atoms with Gasteiger partial charge in [0.25, 0.3) is 0 Å². The maximum absolute atomic E-state index is 11.1. The van der Waals surface area contributed by atoms with Gasteiger partial charge in [-0.3, -0.25) is 9.59 Å². The van der Waals surface area contributed by atoms with Crippen molar-refractivity contribution in [2.24, 2.45) is 0 Å². The lowest BCUT2D eigenvalue weighted by Crippen LogP contribution is -2.31. The maximum Gasteiger partial charge on any atom is 0.320 e. The van der Waals surface area contributed by atoms with E-state index in [4.69, 9.17) is 4.74 Å². The summed E-state index contributed by atoms with van der Waals surface area (Å²) in [6.45, 7) is 4.24. The molecule has 0 atom stereocenters. The van der Waals surface area contributed by atoms with Gasteiger partial charge in [-0.25, -0.2) is 0 Å². The molecule has 0 spiro atoms. The SMILES string of the molecule is CC(C)OC(=O)CNCCC(=O)N(C)C. The van der Waals surface area contributed by atoms with Crippen LogP contribution in [0.15, 0.2) is 0 Å². The molecular formula is C10H20N2O3. The van der Waals surface area contributed by atoms with Crippen LogP contribution in [0.4, 0.5) is 0 Å². The minimum atomic E-state index is -0.290. The molecule has 5 heteroatoms. The number of nitrogens with one attached hydrogen (secondary N) is 1. The number of carbonyl (C=O) groups excluding carboxylic acids is 2. The van der Waals surface area contributed by atoms with Crippen LogP contribution in [-0.2, 0) is 14.3 Å². The number of carbonyl (C=O) groups is 2. The quantitative estimate of drug-likeness (QED) is 0.502. The zero-order chi connectivity index (χ0) is 11.8. The molecule has 1 N–H and O–H groups in total. The highest BCUT2D eigenvalue weighted by atomic mass is 16.5. The molecule has 0 aromatic rings. The van der Waals surface area contributed by atoms with E-state index in [9.17, 15) is 9.59 Å². The Morgan fingerprint density at radius 1 is 1.33 bits per heavy atom. The molecule has 88 valence electrons. The van der Waals surface area contributed by atoms with Crippen molar-refractivity contribution in [3.8, 4) is 0 Å². The van der Waals surface area contributed by atoms with Crippen molar-refractivity contribution in [1.82, 2.24) is 10.2 Å². The van der Waals surface area contributed by atoms with Crippen LogP contribution in [0, 0.1) is 0 Å². The number of esters is 1. The first-order chi connectivity index (χ1) is 6.93. The van der Waals surface area contributed by atoms with E-state index in [-0.39, 0.29) is 24.5 Å². The number of rotatable bonds is 6. The molecule has 0 saturated carbocycles. The zero-order valence-electron chi connectivity index (χ0n) is 9.87. The van der Waals surface area contributed by atoms with Gasteiger partial charge in [0.05, 0.1) is 12.6 Å². The monoisotopic (exact) mass is 216 g/mol. The second-order valence-corrected chi connectivity index (χ2v) is 3.75. The molecule has 0 fully saturated rings. The van der Waals surface area contributed by atoms with E-state index in [0.717, 1.165) is 0 Å². The highest BCUT2D eigenvalue weighted by Gasteiger charge is 2.06. The molecule has 15 heavy (non-hydrogen) atoms. The van der Waals surface area contributed by atoms with Crippen molar-refractivity contribution in [1.29, 1.82) is 0 Å². The van der Waals surface area contributed by atoms with Gasteiger partial charge in [0, 0.05) is 27.1 Å². The summed E-state index contributed by atoms with van der Waals surface area (Å²) in [4.78, 5) is 23.7. The summed E-state index contributed by atoms with van der Waals surface area (Å²) in [5, 5.41) is 2.85. The van der Waals surface area contributed by atoms with Crippen molar-refractivity contribution in [2.45, 2.75) is 26.4 Å². The third-order valence-corrected chi connectivity index (χ3v) is 1.65. The minimum absolute atomic E-state index is 0.0414. The first-order valence-electron chi connectivity index (χ1n) is 5.04. The predicted molar refractivity (Wildman–Crippen MR) is 57.4 cm³/mol. The standard InChI is InChI=1S/C10H20N2O3/c1-8(2)15-10(14)7-11-6-5-9(13)12(3)4/h8,11H,5-7H2,1-4H3. The van der Waals surface area contributed by atoms with Gasteiger partial charge >= 0.3 is 5.97 Å². The van der Waals surface area contributed by atoms with Crippen LogP contribution in [0.1, 0.15) is 20.3 Å². The fourth-order valence-electron chi connectivity index (χ4n) is 0.914. The van der Waals surface area contributed by atoms with Crippen LogP contribution in [0.3, 0.4) is 0 Å². The third kappa shape index (κ3) is 7.93. The molecular weight excluding hydrogens is 196 g/mol. The fraction of sp³-hybridized carbons (Fsp3) is 0.800. The average Bonchev–Trinajstić information content (AvgIpc) is 2.10. The van der Waals surface area contributed by atoms with Crippen molar-refractivity contribution in [3.63, 3.8) is 0 Å². The highest BCUT2D eigenvalue weighted by molar-refractivity contribution is 5.76. The van der Waals surface area contributed by atoms with E-state index < -0.39 is 0 Å². The van der Waals surface area contributed by atoms with E-state index in [0.29, 0.717) is 13.0 Å². The van der Waals surface area contributed by atoms with Gasteiger partial charge in [-0.05, 0) is 13.8 Å². The molecule has 5 nitrogen and oxygen atoms in total. The zero-order valence-corrected chi connectivity index (χ0v) is 9.87. The fourth-order valence-corrected chi connectivity index (χ4v) is 0.914. The number of nitrogens with zero attached hydrogens (tertiary/aromatic N) is 1. The van der Waals surface area contributed by atoms with Crippen LogP contribution in [0.25, 0.3) is 0 Å². The minimum Gasteiger partial charge on any atom is -0.462 e. The summed E-state index contributed by atoms with van der Waals surface area (Å²) >= 11 is 0. The molecule has 0 rings (SSSR count). The molecule has 0 heterocycles. The normalized spacial score (nSPS) is 10.2. The average molecular weight is 216 g/mol. The molecule has 0 unspecified atom stereocenters. The lowest BCUT2D eigenvalue weighted by Gasteiger charge is -2.11. The van der Waals surface area contributed by atoms with Crippen LogP contribution < -0.4 is 5.32 Å². The lowest BCUT2D eigenvalue weighted by molar-refractivity contribution is -0.146. The first-order valence-corrected chi connectivity index (χ1v) is 5.04. The van der Waals surface area contributed by atoms with Gasteiger partial charge in [0.15, 0.2) is 0 Å². The Hall–Kier alpha value is -1.10. The Balaban J connectivity index is 3.46. The van der Waals surface area contributed by atoms with Gasteiger partial charge in [0.1, 0.15) is 0 Å². The van der Waals surface area contributed by atoms with Crippen LogP contribution in [-0.4, -0.2) is 50.1 Å². The molecule has 1 amide bonds. The topological polar surface area (TPSA) is 58.6 Å². The summed E-state index contributed by atoms with van der Waals surface area (Å²) in [5.41, 5.74) is 0. The summed E-state index contributed by atoms with van der Waals surface area (Å²) in [7, 11) is 3.41. The Labute approximate surface area is 90.8 Å². The molecule has 0 bridgehead atoms. The highest BCUT2D eigenvalue weighted by Crippen LogP contribution is 1.88. The van der Waals surface area contributed by atoms with Gasteiger partial charge in [-0.2, -0.15) is 0 Å². The number of hydrogen-bond donors (Lipinski definition) is 1. The smallest absolute Gasteiger partial charge is 0.320 e. The van der Waals surface area contributed by atoms with E-state index >= 15 is 0 Å². The summed E-state index contributed by atoms with van der Waals surface area (Å²) < 4.78 is 4.91. The Morgan fingerprint density at radius 3 is 2.40 bits per heavy atom. The van der Waals surface area contributed by atoms with Crippen molar-refractivity contribution in [3.05, 3.63) is 0 Å². The Kier molecular flexibility index (Phi) is 6.70. The number of hydrogen-bond acceptors (Lipinski definition) is 4. The summed E-state index contributed by atoms with van der Waals surface area (Å²) in [6.07, 6.45) is 0.296. The lowest BCUT2D eigenvalue weighted by atomic mass is 10.4. The van der Waals surface area contributed by atoms with E-state index in [1.165, 1.54) is 4.90 Å². The number of ether oxygens (including phenoxy) is 1. The maximum atomic E-state index is 11.1. The second-order valence-electron chi connectivity index (χ2n) is 3.75. The summed E-state index contributed by atoms with van der Waals surface area (Å²) in [5.74, 6) is -0.248. The van der Waals surface area contributed by atoms with Crippen molar-refractivity contribution in [2.75, 3.05) is 27.2 Å².